The standard InChI is InChI=1S/C17H18ClN5O5S/c1-27-12-11(25)9(6-24)28-15(12)23-13-10(14(26)22-16(19)21-13)20-17(23)29-8-4-2-7(18)3-5-8/h2-5,9,11-12,15,24-25H,6H2,1H3,(H3,19,21,22,26)/t9-,11-,12-,15-/m1/s1. The summed E-state index contributed by atoms with van der Waals surface area (Å²) in [5, 5.41) is 20.9. The Hall–Kier alpha value is -2.15. The average Bonchev–Trinajstić information content (AvgIpc) is 3.20. The number of nitrogens with two attached hydrogens (primary N) is 1. The molecule has 1 fully saturated rings. The molecular formula is C17H18ClN5O5S. The van der Waals surface area contributed by atoms with Crippen LogP contribution in [0.1, 0.15) is 6.23 Å². The molecule has 29 heavy (non-hydrogen) atoms. The van der Waals surface area contributed by atoms with E-state index in [1.54, 1.807) is 28.8 Å². The van der Waals surface area contributed by atoms with Gasteiger partial charge in [-0.1, -0.05) is 23.4 Å². The maximum atomic E-state index is 12.4. The predicted molar refractivity (Wildman–Crippen MR) is 106 cm³/mol. The second-order valence-corrected chi connectivity index (χ2v) is 7.86. The zero-order valence-electron chi connectivity index (χ0n) is 15.2. The summed E-state index contributed by atoms with van der Waals surface area (Å²) in [4.78, 5) is 24.2. The van der Waals surface area contributed by atoms with Crippen LogP contribution in [0.2, 0.25) is 5.02 Å². The molecule has 0 spiro atoms. The van der Waals surface area contributed by atoms with Gasteiger partial charge in [0.25, 0.3) is 5.56 Å². The summed E-state index contributed by atoms with van der Waals surface area (Å²) < 4.78 is 12.8. The molecule has 5 N–H and O–H groups in total. The number of methoxy groups -OCH3 is 1. The number of nitrogen functional groups attached to an aromatic ring is 1. The van der Waals surface area contributed by atoms with E-state index in [4.69, 9.17) is 26.8 Å². The van der Waals surface area contributed by atoms with Gasteiger partial charge in [-0.15, -0.1) is 0 Å². The molecule has 1 aliphatic heterocycles. The molecule has 0 radical (unpaired) electrons. The molecule has 2 aromatic heterocycles. The average molecular weight is 440 g/mol. The van der Waals surface area contributed by atoms with Crippen molar-refractivity contribution >= 4 is 40.5 Å². The van der Waals surface area contributed by atoms with E-state index in [0.29, 0.717) is 10.2 Å². The first-order chi connectivity index (χ1) is 13.9. The summed E-state index contributed by atoms with van der Waals surface area (Å²) in [5.74, 6) is -0.0853. The lowest BCUT2D eigenvalue weighted by atomic mass is 10.1. The van der Waals surface area contributed by atoms with Crippen molar-refractivity contribution in [3.8, 4) is 0 Å². The van der Waals surface area contributed by atoms with Crippen LogP contribution in [-0.4, -0.2) is 61.8 Å². The summed E-state index contributed by atoms with van der Waals surface area (Å²) >= 11 is 7.20. The van der Waals surface area contributed by atoms with Crippen molar-refractivity contribution in [1.82, 2.24) is 19.5 Å². The number of hydrogen-bond acceptors (Lipinski definition) is 9. The number of aliphatic hydroxyl groups excluding tert-OH is 2. The van der Waals surface area contributed by atoms with E-state index < -0.39 is 36.7 Å². The second-order valence-electron chi connectivity index (χ2n) is 6.38. The second kappa shape index (κ2) is 7.94. The van der Waals surface area contributed by atoms with Crippen LogP contribution in [0.25, 0.3) is 11.2 Å². The maximum Gasteiger partial charge on any atom is 0.280 e. The van der Waals surface area contributed by atoms with Crippen LogP contribution >= 0.6 is 23.4 Å². The largest absolute Gasteiger partial charge is 0.394 e. The number of imidazole rings is 1. The quantitative estimate of drug-likeness (QED) is 0.452. The first-order valence-corrected chi connectivity index (χ1v) is 9.80. The third kappa shape index (κ3) is 3.61. The number of H-pyrrole nitrogens is 1. The van der Waals surface area contributed by atoms with Crippen LogP contribution in [0.3, 0.4) is 0 Å². The highest BCUT2D eigenvalue weighted by atomic mass is 35.5. The monoisotopic (exact) mass is 439 g/mol. The molecule has 4 rings (SSSR count). The number of nitrogens with one attached hydrogen (secondary N) is 1. The number of hydrogen-bond donors (Lipinski definition) is 4. The van der Waals surface area contributed by atoms with Crippen molar-refractivity contribution in [3.63, 3.8) is 0 Å². The highest BCUT2D eigenvalue weighted by Gasteiger charge is 2.46. The molecule has 0 saturated carbocycles. The Labute approximate surface area is 173 Å². The van der Waals surface area contributed by atoms with Crippen molar-refractivity contribution < 1.29 is 19.7 Å². The summed E-state index contributed by atoms with van der Waals surface area (Å²) in [6, 6.07) is 7.07. The van der Waals surface area contributed by atoms with Gasteiger partial charge in [-0.05, 0) is 24.3 Å². The number of aromatic nitrogens is 4. The van der Waals surface area contributed by atoms with E-state index in [0.717, 1.165) is 4.90 Å². The molecule has 4 atom stereocenters. The maximum absolute atomic E-state index is 12.4. The number of nitrogens with zero attached hydrogens (tertiary/aromatic N) is 3. The Kier molecular flexibility index (Phi) is 5.51. The Morgan fingerprint density at radius 1 is 1.38 bits per heavy atom. The highest BCUT2D eigenvalue weighted by Crippen LogP contribution is 2.38. The summed E-state index contributed by atoms with van der Waals surface area (Å²) in [5.41, 5.74) is 5.47. The zero-order valence-corrected chi connectivity index (χ0v) is 16.7. The molecular weight excluding hydrogens is 422 g/mol. The van der Waals surface area contributed by atoms with Gasteiger partial charge < -0.3 is 25.4 Å². The Morgan fingerprint density at radius 3 is 2.76 bits per heavy atom. The molecule has 3 heterocycles. The number of halogens is 1. The van der Waals surface area contributed by atoms with Gasteiger partial charge in [0.15, 0.2) is 22.5 Å². The summed E-state index contributed by atoms with van der Waals surface area (Å²) in [7, 11) is 1.42. The van der Waals surface area contributed by atoms with E-state index in [2.05, 4.69) is 15.0 Å². The van der Waals surface area contributed by atoms with Crippen molar-refractivity contribution in [1.29, 1.82) is 0 Å². The lowest BCUT2D eigenvalue weighted by Crippen LogP contribution is -2.34. The highest BCUT2D eigenvalue weighted by molar-refractivity contribution is 7.99. The topological polar surface area (TPSA) is 149 Å². The molecule has 0 bridgehead atoms. The number of anilines is 1. The minimum Gasteiger partial charge on any atom is -0.394 e. The number of aliphatic hydroxyl groups is 2. The number of ether oxygens (including phenoxy) is 2. The fraction of sp³-hybridized carbons (Fsp3) is 0.353. The van der Waals surface area contributed by atoms with Crippen molar-refractivity contribution in [2.75, 3.05) is 19.5 Å². The molecule has 0 unspecified atom stereocenters. The molecule has 1 aliphatic rings. The molecule has 0 amide bonds. The van der Waals surface area contributed by atoms with E-state index >= 15 is 0 Å². The van der Waals surface area contributed by atoms with Gasteiger partial charge in [0.05, 0.1) is 6.61 Å². The van der Waals surface area contributed by atoms with Gasteiger partial charge >= 0.3 is 0 Å². The number of rotatable bonds is 5. The van der Waals surface area contributed by atoms with Gasteiger partial charge in [0, 0.05) is 17.0 Å². The Balaban J connectivity index is 1.88. The lowest BCUT2D eigenvalue weighted by molar-refractivity contribution is -0.0623. The van der Waals surface area contributed by atoms with Crippen LogP contribution in [0, 0.1) is 0 Å². The van der Waals surface area contributed by atoms with Crippen LogP contribution in [0.5, 0.6) is 0 Å². The Morgan fingerprint density at radius 2 is 2.10 bits per heavy atom. The predicted octanol–water partition coefficient (Wildman–Crippen LogP) is 0.772. The van der Waals surface area contributed by atoms with Crippen molar-refractivity contribution in [3.05, 3.63) is 39.6 Å². The molecule has 3 aromatic rings. The number of benzene rings is 1. The first kappa shape index (κ1) is 20.1. The van der Waals surface area contributed by atoms with Crippen LogP contribution in [0.15, 0.2) is 39.1 Å². The van der Waals surface area contributed by atoms with Gasteiger partial charge in [-0.3, -0.25) is 14.3 Å². The fourth-order valence-corrected chi connectivity index (χ4v) is 4.26. The van der Waals surface area contributed by atoms with E-state index in [1.807, 2.05) is 0 Å². The molecule has 1 saturated heterocycles. The van der Waals surface area contributed by atoms with E-state index in [1.165, 1.54) is 18.9 Å². The summed E-state index contributed by atoms with van der Waals surface area (Å²) in [6.45, 7) is -0.403. The third-order valence-corrected chi connectivity index (χ3v) is 5.81. The normalized spacial score (nSPS) is 24.4. The fourth-order valence-electron chi connectivity index (χ4n) is 3.22. The van der Waals surface area contributed by atoms with Crippen LogP contribution in [0.4, 0.5) is 5.95 Å². The number of aromatic amines is 1. The molecule has 10 nitrogen and oxygen atoms in total. The molecule has 154 valence electrons. The van der Waals surface area contributed by atoms with Crippen LogP contribution < -0.4 is 11.3 Å². The van der Waals surface area contributed by atoms with E-state index in [-0.39, 0.29) is 17.1 Å². The van der Waals surface area contributed by atoms with Gasteiger partial charge in [-0.2, -0.15) is 4.98 Å². The molecule has 0 aliphatic carbocycles. The third-order valence-electron chi connectivity index (χ3n) is 4.58. The van der Waals surface area contributed by atoms with Crippen molar-refractivity contribution in [2.45, 2.75) is 34.6 Å². The Bertz CT molecular complexity index is 1090. The van der Waals surface area contributed by atoms with E-state index in [9.17, 15) is 15.0 Å². The van der Waals surface area contributed by atoms with Crippen LogP contribution in [-0.2, 0) is 9.47 Å². The molecule has 1 aromatic carbocycles. The minimum absolute atomic E-state index is 0.0658. The first-order valence-electron chi connectivity index (χ1n) is 8.61. The molecule has 12 heteroatoms. The lowest BCUT2D eigenvalue weighted by Gasteiger charge is -2.21. The minimum atomic E-state index is -1.08. The van der Waals surface area contributed by atoms with Gasteiger partial charge in [0.2, 0.25) is 5.95 Å². The summed E-state index contributed by atoms with van der Waals surface area (Å²) in [6.07, 6.45) is -3.66. The SMILES string of the molecule is CO[C@@H]1[C@H](O)[C@@H](CO)O[C@H]1n1c(Sc2ccc(Cl)cc2)nc2c(=O)[nH]c(N)nc21. The van der Waals surface area contributed by atoms with Gasteiger partial charge in [0.1, 0.15) is 18.3 Å². The smallest absolute Gasteiger partial charge is 0.280 e. The van der Waals surface area contributed by atoms with Crippen molar-refractivity contribution in [2.24, 2.45) is 0 Å². The number of fused-ring (bicyclic) bond motifs is 1. The zero-order chi connectivity index (χ0) is 20.7. The van der Waals surface area contributed by atoms with Gasteiger partial charge in [-0.25, -0.2) is 4.98 Å².